The van der Waals surface area contributed by atoms with Gasteiger partial charge in [0.2, 0.25) is 0 Å². The smallest absolute Gasteiger partial charge is 0.160 e. The van der Waals surface area contributed by atoms with Gasteiger partial charge >= 0.3 is 0 Å². The number of nitrogens with one attached hydrogen (secondary N) is 1. The van der Waals surface area contributed by atoms with Crippen molar-refractivity contribution in [1.82, 2.24) is 9.97 Å². The number of aromatic hydroxyl groups is 2. The predicted octanol–water partition coefficient (Wildman–Crippen LogP) is 4.25. The Bertz CT molecular complexity index is 1120. The van der Waals surface area contributed by atoms with Crippen LogP contribution in [-0.2, 0) is 0 Å². The third kappa shape index (κ3) is 3.27. The lowest BCUT2D eigenvalue weighted by atomic mass is 9.96. The van der Waals surface area contributed by atoms with E-state index < -0.39 is 6.04 Å². The third-order valence-corrected chi connectivity index (χ3v) is 4.58. The number of phenols is 2. The first-order valence-corrected chi connectivity index (χ1v) is 8.78. The maximum atomic E-state index is 10.9. The van der Waals surface area contributed by atoms with Gasteiger partial charge in [-0.15, -0.1) is 0 Å². The van der Waals surface area contributed by atoms with E-state index in [0.29, 0.717) is 22.6 Å². The topological polar surface area (TPSA) is 87.5 Å². The van der Waals surface area contributed by atoms with Crippen molar-refractivity contribution in [2.75, 3.05) is 12.4 Å². The van der Waals surface area contributed by atoms with Crippen LogP contribution >= 0.6 is 0 Å². The molecule has 4 rings (SSSR count). The van der Waals surface area contributed by atoms with Crippen molar-refractivity contribution in [2.45, 2.75) is 6.04 Å². The second kappa shape index (κ2) is 7.44. The van der Waals surface area contributed by atoms with Crippen LogP contribution in [0.15, 0.2) is 73.1 Å². The summed E-state index contributed by atoms with van der Waals surface area (Å²) in [6.07, 6.45) is 3.34. The van der Waals surface area contributed by atoms with Crippen LogP contribution in [0.25, 0.3) is 10.9 Å². The first kappa shape index (κ1) is 17.6. The average molecular weight is 373 g/mol. The van der Waals surface area contributed by atoms with Gasteiger partial charge in [-0.25, -0.2) is 4.98 Å². The van der Waals surface area contributed by atoms with E-state index in [4.69, 9.17) is 4.74 Å². The lowest BCUT2D eigenvalue weighted by Gasteiger charge is -2.22. The first-order chi connectivity index (χ1) is 13.7. The Morgan fingerprint density at radius 2 is 1.79 bits per heavy atom. The number of ether oxygens (including phenoxy) is 1. The number of aromatic nitrogens is 2. The van der Waals surface area contributed by atoms with Crippen molar-refractivity contribution in [1.29, 1.82) is 0 Å². The molecule has 28 heavy (non-hydrogen) atoms. The van der Waals surface area contributed by atoms with Gasteiger partial charge in [-0.3, -0.25) is 4.98 Å². The summed E-state index contributed by atoms with van der Waals surface area (Å²) >= 11 is 0. The normalized spacial score (nSPS) is 11.9. The fraction of sp³-hybridized carbons (Fsp3) is 0.0909. The Kier molecular flexibility index (Phi) is 4.68. The van der Waals surface area contributed by atoms with Crippen molar-refractivity contribution in [3.8, 4) is 17.2 Å². The van der Waals surface area contributed by atoms with E-state index in [9.17, 15) is 10.2 Å². The molecule has 4 aromatic rings. The molecule has 1 unspecified atom stereocenters. The summed E-state index contributed by atoms with van der Waals surface area (Å²) in [5, 5.41) is 25.1. The van der Waals surface area contributed by atoms with Crippen LogP contribution in [0.1, 0.15) is 17.2 Å². The summed E-state index contributed by atoms with van der Waals surface area (Å²) in [6, 6.07) is 17.7. The number of rotatable bonds is 5. The van der Waals surface area contributed by atoms with Gasteiger partial charge in [-0.05, 0) is 35.9 Å². The summed E-state index contributed by atoms with van der Waals surface area (Å²) in [6.45, 7) is 0. The maximum Gasteiger partial charge on any atom is 0.160 e. The number of nitrogens with zero attached hydrogens (tertiary/aromatic N) is 2. The summed E-state index contributed by atoms with van der Waals surface area (Å²) in [7, 11) is 1.50. The Labute approximate surface area is 162 Å². The second-order valence-electron chi connectivity index (χ2n) is 6.30. The molecule has 3 N–H and O–H groups in total. The molecule has 0 saturated carbocycles. The molecule has 0 bridgehead atoms. The molecular formula is C22H19N3O3. The zero-order valence-electron chi connectivity index (χ0n) is 15.2. The third-order valence-electron chi connectivity index (χ3n) is 4.58. The highest BCUT2D eigenvalue weighted by Crippen LogP contribution is 2.38. The number of benzene rings is 2. The molecule has 1 atom stereocenters. The highest BCUT2D eigenvalue weighted by molar-refractivity contribution is 5.86. The highest BCUT2D eigenvalue weighted by Gasteiger charge is 2.21. The van der Waals surface area contributed by atoms with Crippen molar-refractivity contribution in [3.05, 3.63) is 84.2 Å². The molecular weight excluding hydrogens is 354 g/mol. The predicted molar refractivity (Wildman–Crippen MR) is 108 cm³/mol. The fourth-order valence-electron chi connectivity index (χ4n) is 3.19. The molecule has 0 aliphatic rings. The largest absolute Gasteiger partial charge is 0.505 e. The van der Waals surface area contributed by atoms with Crippen molar-refractivity contribution in [2.24, 2.45) is 0 Å². The van der Waals surface area contributed by atoms with Gasteiger partial charge in [0, 0.05) is 23.3 Å². The first-order valence-electron chi connectivity index (χ1n) is 8.78. The molecule has 0 saturated heterocycles. The van der Waals surface area contributed by atoms with Gasteiger partial charge in [0.1, 0.15) is 17.1 Å². The second-order valence-corrected chi connectivity index (χ2v) is 6.30. The molecule has 0 aliphatic carbocycles. The van der Waals surface area contributed by atoms with Crippen LogP contribution in [0.4, 0.5) is 5.82 Å². The number of pyridine rings is 2. The van der Waals surface area contributed by atoms with Crippen LogP contribution in [0.3, 0.4) is 0 Å². The van der Waals surface area contributed by atoms with Crippen molar-refractivity contribution < 1.29 is 14.9 Å². The summed E-state index contributed by atoms with van der Waals surface area (Å²) in [5.41, 5.74) is 1.97. The molecule has 0 amide bonds. The van der Waals surface area contributed by atoms with Crippen LogP contribution in [0.5, 0.6) is 17.2 Å². The number of methoxy groups -OCH3 is 1. The molecule has 0 fully saturated rings. The minimum Gasteiger partial charge on any atom is -0.505 e. The monoisotopic (exact) mass is 373 g/mol. The van der Waals surface area contributed by atoms with Crippen LogP contribution in [-0.4, -0.2) is 27.3 Å². The number of phenolic OH excluding ortho intramolecular Hbond substituents is 2. The van der Waals surface area contributed by atoms with Crippen molar-refractivity contribution in [3.63, 3.8) is 0 Å². The molecule has 2 heterocycles. The van der Waals surface area contributed by atoms with E-state index in [1.54, 1.807) is 30.6 Å². The Morgan fingerprint density at radius 3 is 2.57 bits per heavy atom. The Hall–Kier alpha value is -3.80. The molecule has 6 heteroatoms. The highest BCUT2D eigenvalue weighted by atomic mass is 16.5. The van der Waals surface area contributed by atoms with Gasteiger partial charge < -0.3 is 20.3 Å². The zero-order chi connectivity index (χ0) is 19.5. The van der Waals surface area contributed by atoms with Gasteiger partial charge in [-0.1, -0.05) is 30.3 Å². The average Bonchev–Trinajstić information content (AvgIpc) is 2.74. The van der Waals surface area contributed by atoms with E-state index in [-0.39, 0.29) is 11.5 Å². The van der Waals surface area contributed by atoms with Gasteiger partial charge in [0.05, 0.1) is 13.2 Å². The number of anilines is 1. The van der Waals surface area contributed by atoms with E-state index in [1.165, 1.54) is 7.11 Å². The van der Waals surface area contributed by atoms with Crippen LogP contribution < -0.4 is 10.1 Å². The van der Waals surface area contributed by atoms with Gasteiger partial charge in [0.15, 0.2) is 11.5 Å². The fourth-order valence-corrected chi connectivity index (χ4v) is 3.19. The number of fused-ring (bicyclic) bond motifs is 1. The van der Waals surface area contributed by atoms with Gasteiger partial charge in [0.25, 0.3) is 0 Å². The quantitative estimate of drug-likeness (QED) is 0.485. The summed E-state index contributed by atoms with van der Waals surface area (Å²) < 4.78 is 5.25. The molecule has 0 spiro atoms. The lowest BCUT2D eigenvalue weighted by Crippen LogP contribution is -2.14. The Balaban J connectivity index is 1.87. The summed E-state index contributed by atoms with van der Waals surface area (Å²) in [4.78, 5) is 8.65. The van der Waals surface area contributed by atoms with E-state index in [1.807, 2.05) is 42.5 Å². The zero-order valence-corrected chi connectivity index (χ0v) is 15.2. The van der Waals surface area contributed by atoms with E-state index in [2.05, 4.69) is 15.3 Å². The van der Waals surface area contributed by atoms with Crippen LogP contribution in [0.2, 0.25) is 0 Å². The molecule has 2 aromatic heterocycles. The number of hydrogen-bond acceptors (Lipinski definition) is 6. The number of hydrogen-bond donors (Lipinski definition) is 3. The molecule has 0 aliphatic heterocycles. The Morgan fingerprint density at radius 1 is 0.929 bits per heavy atom. The molecule has 2 aromatic carbocycles. The van der Waals surface area contributed by atoms with Crippen LogP contribution in [0, 0.1) is 0 Å². The molecule has 6 nitrogen and oxygen atoms in total. The SMILES string of the molecule is COc1cc(C(Nc2ccccn2)c2ccc3cccnc3c2O)ccc1O. The van der Waals surface area contributed by atoms with E-state index >= 15 is 0 Å². The molecule has 140 valence electrons. The van der Waals surface area contributed by atoms with Crippen molar-refractivity contribution >= 4 is 16.7 Å². The standard InChI is InChI=1S/C22H19N3O3/c1-28-18-13-15(8-10-17(18)26)20(25-19-6-2-3-11-23-19)16-9-7-14-5-4-12-24-21(14)22(16)27/h2-13,20,26-27H,1H3,(H,23,25). The minimum atomic E-state index is -0.434. The minimum absolute atomic E-state index is 0.0484. The summed E-state index contributed by atoms with van der Waals surface area (Å²) in [5.74, 6) is 1.15. The maximum absolute atomic E-state index is 10.9. The lowest BCUT2D eigenvalue weighted by molar-refractivity contribution is 0.373. The van der Waals surface area contributed by atoms with E-state index in [0.717, 1.165) is 10.9 Å². The van der Waals surface area contributed by atoms with Gasteiger partial charge in [-0.2, -0.15) is 0 Å². The molecule has 0 radical (unpaired) electrons.